The van der Waals surface area contributed by atoms with Crippen LogP contribution in [0.15, 0.2) is 24.3 Å². The van der Waals surface area contributed by atoms with Gasteiger partial charge in [0.05, 0.1) is 5.69 Å². The minimum absolute atomic E-state index is 0.258. The van der Waals surface area contributed by atoms with Crippen LogP contribution in [0, 0.1) is 0 Å². The van der Waals surface area contributed by atoms with E-state index in [9.17, 15) is 8.78 Å². The molecule has 1 atom stereocenters. The first-order chi connectivity index (χ1) is 9.20. The summed E-state index contributed by atoms with van der Waals surface area (Å²) in [5.74, 6) is 0.258. The lowest BCUT2D eigenvalue weighted by atomic mass is 10.2. The summed E-state index contributed by atoms with van der Waals surface area (Å²) >= 11 is 0. The third kappa shape index (κ3) is 3.80. The first-order valence-electron chi connectivity index (χ1n) is 6.73. The molecular formula is C14H20F2N2O. The summed E-state index contributed by atoms with van der Waals surface area (Å²) in [5.41, 5.74) is 0.753. The molecule has 0 spiro atoms. The standard InChI is InChI=1S/C14H20F2N2O/c1-2-8-17-11-7-9-18(10-11)12-5-3-4-6-13(12)19-14(15)16/h3-6,11,14,17H,2,7-10H2,1H3. The number of halogens is 2. The SMILES string of the molecule is CCCNC1CCN(c2ccccc2OC(F)F)C1. The van der Waals surface area contributed by atoms with Crippen LogP contribution in [0.2, 0.25) is 0 Å². The smallest absolute Gasteiger partial charge is 0.387 e. The molecule has 1 heterocycles. The van der Waals surface area contributed by atoms with Gasteiger partial charge in [0.2, 0.25) is 0 Å². The van der Waals surface area contributed by atoms with E-state index in [0.717, 1.165) is 38.2 Å². The average Bonchev–Trinajstić information content (AvgIpc) is 2.85. The Bertz CT molecular complexity index is 401. The molecule has 1 aliphatic heterocycles. The van der Waals surface area contributed by atoms with Crippen molar-refractivity contribution in [1.29, 1.82) is 0 Å². The molecule has 0 bridgehead atoms. The van der Waals surface area contributed by atoms with E-state index in [0.29, 0.717) is 6.04 Å². The minimum atomic E-state index is -2.78. The number of hydrogen-bond donors (Lipinski definition) is 1. The molecule has 1 aliphatic rings. The van der Waals surface area contributed by atoms with Gasteiger partial charge >= 0.3 is 6.61 Å². The van der Waals surface area contributed by atoms with E-state index < -0.39 is 6.61 Å². The van der Waals surface area contributed by atoms with Gasteiger partial charge in [0, 0.05) is 19.1 Å². The molecule has 19 heavy (non-hydrogen) atoms. The van der Waals surface area contributed by atoms with Crippen molar-refractivity contribution in [3.8, 4) is 5.75 Å². The van der Waals surface area contributed by atoms with Crippen LogP contribution in [0.25, 0.3) is 0 Å². The zero-order chi connectivity index (χ0) is 13.7. The Labute approximate surface area is 112 Å². The second kappa shape index (κ2) is 6.70. The fraction of sp³-hybridized carbons (Fsp3) is 0.571. The predicted octanol–water partition coefficient (Wildman–Crippen LogP) is 2.87. The Kier molecular flexibility index (Phi) is 4.96. The van der Waals surface area contributed by atoms with Gasteiger partial charge in [-0.2, -0.15) is 8.78 Å². The molecule has 0 aromatic heterocycles. The van der Waals surface area contributed by atoms with E-state index in [-0.39, 0.29) is 5.75 Å². The molecule has 0 saturated carbocycles. The van der Waals surface area contributed by atoms with E-state index in [4.69, 9.17) is 0 Å². The number of benzene rings is 1. The van der Waals surface area contributed by atoms with Gasteiger partial charge in [0.15, 0.2) is 0 Å². The van der Waals surface area contributed by atoms with Crippen LogP contribution in [0.4, 0.5) is 14.5 Å². The quantitative estimate of drug-likeness (QED) is 0.860. The fourth-order valence-electron chi connectivity index (χ4n) is 2.41. The van der Waals surface area contributed by atoms with Crippen LogP contribution in [0.5, 0.6) is 5.75 Å². The summed E-state index contributed by atoms with van der Waals surface area (Å²) < 4.78 is 29.3. The summed E-state index contributed by atoms with van der Waals surface area (Å²) in [4.78, 5) is 2.10. The number of anilines is 1. The topological polar surface area (TPSA) is 24.5 Å². The summed E-state index contributed by atoms with van der Waals surface area (Å²) in [5, 5.41) is 3.46. The third-order valence-electron chi connectivity index (χ3n) is 3.29. The van der Waals surface area contributed by atoms with E-state index in [1.54, 1.807) is 12.1 Å². The molecule has 0 radical (unpaired) electrons. The number of para-hydroxylation sites is 2. The van der Waals surface area contributed by atoms with Crippen molar-refractivity contribution in [2.45, 2.75) is 32.4 Å². The Morgan fingerprint density at radius 3 is 2.95 bits per heavy atom. The van der Waals surface area contributed by atoms with E-state index >= 15 is 0 Å². The highest BCUT2D eigenvalue weighted by atomic mass is 19.3. The van der Waals surface area contributed by atoms with Crippen molar-refractivity contribution < 1.29 is 13.5 Å². The number of alkyl halides is 2. The molecule has 1 fully saturated rings. The van der Waals surface area contributed by atoms with Crippen molar-refractivity contribution in [3.05, 3.63) is 24.3 Å². The number of ether oxygens (including phenoxy) is 1. The van der Waals surface area contributed by atoms with Crippen molar-refractivity contribution in [1.82, 2.24) is 5.32 Å². The van der Waals surface area contributed by atoms with Crippen LogP contribution in [0.3, 0.4) is 0 Å². The van der Waals surface area contributed by atoms with Crippen LogP contribution < -0.4 is 15.0 Å². The second-order valence-electron chi connectivity index (χ2n) is 4.73. The summed E-state index contributed by atoms with van der Waals surface area (Å²) in [6, 6.07) is 7.42. The zero-order valence-electron chi connectivity index (χ0n) is 11.1. The van der Waals surface area contributed by atoms with Crippen molar-refractivity contribution in [2.24, 2.45) is 0 Å². The number of hydrogen-bond acceptors (Lipinski definition) is 3. The van der Waals surface area contributed by atoms with Gasteiger partial charge in [-0.05, 0) is 31.5 Å². The van der Waals surface area contributed by atoms with Gasteiger partial charge in [-0.15, -0.1) is 0 Å². The lowest BCUT2D eigenvalue weighted by Gasteiger charge is -2.22. The van der Waals surface area contributed by atoms with Crippen LogP contribution in [-0.4, -0.2) is 32.3 Å². The fourth-order valence-corrected chi connectivity index (χ4v) is 2.41. The number of rotatable bonds is 6. The monoisotopic (exact) mass is 270 g/mol. The van der Waals surface area contributed by atoms with Crippen molar-refractivity contribution in [3.63, 3.8) is 0 Å². The molecule has 3 nitrogen and oxygen atoms in total. The van der Waals surface area contributed by atoms with Crippen molar-refractivity contribution >= 4 is 5.69 Å². The highest BCUT2D eigenvalue weighted by Crippen LogP contribution is 2.31. The predicted molar refractivity (Wildman–Crippen MR) is 72.0 cm³/mol. The van der Waals surface area contributed by atoms with E-state index in [2.05, 4.69) is 21.9 Å². The molecule has 1 aromatic rings. The molecular weight excluding hydrogens is 250 g/mol. The van der Waals surface area contributed by atoms with Crippen LogP contribution >= 0.6 is 0 Å². The normalized spacial score (nSPS) is 19.2. The molecule has 106 valence electrons. The molecule has 1 unspecified atom stereocenters. The Morgan fingerprint density at radius 1 is 1.42 bits per heavy atom. The van der Waals surface area contributed by atoms with E-state index in [1.807, 2.05) is 12.1 Å². The largest absolute Gasteiger partial charge is 0.433 e. The van der Waals surface area contributed by atoms with Gasteiger partial charge in [-0.3, -0.25) is 0 Å². The van der Waals surface area contributed by atoms with Gasteiger partial charge in [0.1, 0.15) is 5.75 Å². The molecule has 0 amide bonds. The maximum atomic E-state index is 12.4. The summed E-state index contributed by atoms with van der Waals surface area (Å²) in [6.07, 6.45) is 2.13. The van der Waals surface area contributed by atoms with Crippen LogP contribution in [-0.2, 0) is 0 Å². The third-order valence-corrected chi connectivity index (χ3v) is 3.29. The molecule has 1 N–H and O–H groups in total. The highest BCUT2D eigenvalue weighted by molar-refractivity contribution is 5.59. The number of nitrogens with zero attached hydrogens (tertiary/aromatic N) is 1. The van der Waals surface area contributed by atoms with Gasteiger partial charge in [-0.25, -0.2) is 0 Å². The first-order valence-corrected chi connectivity index (χ1v) is 6.73. The molecule has 5 heteroatoms. The Hall–Kier alpha value is -1.36. The maximum Gasteiger partial charge on any atom is 0.387 e. The maximum absolute atomic E-state index is 12.4. The first kappa shape index (κ1) is 14.1. The average molecular weight is 270 g/mol. The molecule has 1 aromatic carbocycles. The Morgan fingerprint density at radius 2 is 2.21 bits per heavy atom. The number of nitrogens with one attached hydrogen (secondary N) is 1. The second-order valence-corrected chi connectivity index (χ2v) is 4.73. The van der Waals surface area contributed by atoms with Gasteiger partial charge < -0.3 is 15.0 Å². The van der Waals surface area contributed by atoms with E-state index in [1.165, 1.54) is 0 Å². The van der Waals surface area contributed by atoms with Gasteiger partial charge in [-0.1, -0.05) is 19.1 Å². The van der Waals surface area contributed by atoms with Crippen LogP contribution in [0.1, 0.15) is 19.8 Å². The Balaban J connectivity index is 2.02. The lowest BCUT2D eigenvalue weighted by molar-refractivity contribution is -0.0495. The molecule has 2 rings (SSSR count). The zero-order valence-corrected chi connectivity index (χ0v) is 11.1. The van der Waals surface area contributed by atoms with Crippen molar-refractivity contribution in [2.75, 3.05) is 24.5 Å². The highest BCUT2D eigenvalue weighted by Gasteiger charge is 2.24. The van der Waals surface area contributed by atoms with Gasteiger partial charge in [0.25, 0.3) is 0 Å². The molecule has 1 saturated heterocycles. The summed E-state index contributed by atoms with van der Waals surface area (Å²) in [7, 11) is 0. The lowest BCUT2D eigenvalue weighted by Crippen LogP contribution is -2.33. The molecule has 0 aliphatic carbocycles. The summed E-state index contributed by atoms with van der Waals surface area (Å²) in [6.45, 7) is 2.05. The minimum Gasteiger partial charge on any atom is -0.433 e.